The Morgan fingerprint density at radius 2 is 1.93 bits per heavy atom. The highest BCUT2D eigenvalue weighted by Gasteiger charge is 2.33. The average molecular weight is 213 g/mol. The van der Waals surface area contributed by atoms with Gasteiger partial charge in [-0.05, 0) is 44.6 Å². The molecule has 1 rings (SSSR count). The van der Waals surface area contributed by atoms with Gasteiger partial charge in [-0.3, -0.25) is 0 Å². The monoisotopic (exact) mass is 213 g/mol. The molecular formula is C13H27NO. The van der Waals surface area contributed by atoms with Gasteiger partial charge in [-0.15, -0.1) is 0 Å². The van der Waals surface area contributed by atoms with Crippen LogP contribution in [0.2, 0.25) is 0 Å². The highest BCUT2D eigenvalue weighted by atomic mass is 16.5. The second-order valence-corrected chi connectivity index (χ2v) is 5.03. The van der Waals surface area contributed by atoms with Crippen molar-refractivity contribution < 1.29 is 4.74 Å². The maximum atomic E-state index is 5.89. The van der Waals surface area contributed by atoms with Gasteiger partial charge >= 0.3 is 0 Å². The SMILES string of the molecule is CCCNC1CC(C)CC(C)C1OCC. The van der Waals surface area contributed by atoms with Crippen LogP contribution in [0.1, 0.15) is 47.0 Å². The van der Waals surface area contributed by atoms with E-state index in [1.807, 2.05) is 0 Å². The summed E-state index contributed by atoms with van der Waals surface area (Å²) in [7, 11) is 0. The normalized spacial score (nSPS) is 36.8. The molecule has 0 radical (unpaired) electrons. The third kappa shape index (κ3) is 3.76. The van der Waals surface area contributed by atoms with E-state index in [1.54, 1.807) is 0 Å². The van der Waals surface area contributed by atoms with E-state index in [0.717, 1.165) is 19.1 Å². The molecule has 2 heteroatoms. The molecule has 15 heavy (non-hydrogen) atoms. The number of nitrogens with one attached hydrogen (secondary N) is 1. The van der Waals surface area contributed by atoms with Gasteiger partial charge in [0.2, 0.25) is 0 Å². The van der Waals surface area contributed by atoms with Crippen LogP contribution < -0.4 is 5.32 Å². The minimum Gasteiger partial charge on any atom is -0.377 e. The fourth-order valence-electron chi connectivity index (χ4n) is 2.83. The molecule has 0 saturated heterocycles. The summed E-state index contributed by atoms with van der Waals surface area (Å²) in [6.07, 6.45) is 4.22. The molecule has 0 spiro atoms. The lowest BCUT2D eigenvalue weighted by molar-refractivity contribution is -0.0321. The lowest BCUT2D eigenvalue weighted by Gasteiger charge is -2.39. The minimum atomic E-state index is 0.428. The van der Waals surface area contributed by atoms with Crippen LogP contribution in [0, 0.1) is 11.8 Å². The maximum absolute atomic E-state index is 5.89. The third-order valence-corrected chi connectivity index (χ3v) is 3.40. The van der Waals surface area contributed by atoms with Crippen molar-refractivity contribution in [2.45, 2.75) is 59.1 Å². The highest BCUT2D eigenvalue weighted by Crippen LogP contribution is 2.31. The van der Waals surface area contributed by atoms with Crippen LogP contribution in [0.5, 0.6) is 0 Å². The molecule has 0 aromatic heterocycles. The topological polar surface area (TPSA) is 21.3 Å². The lowest BCUT2D eigenvalue weighted by atomic mass is 9.78. The molecule has 1 aliphatic rings. The minimum absolute atomic E-state index is 0.428. The van der Waals surface area contributed by atoms with Gasteiger partial charge in [0, 0.05) is 12.6 Å². The van der Waals surface area contributed by atoms with Crippen LogP contribution in [0.15, 0.2) is 0 Å². The molecule has 4 unspecified atom stereocenters. The number of hydrogen-bond donors (Lipinski definition) is 1. The van der Waals surface area contributed by atoms with Crippen molar-refractivity contribution >= 4 is 0 Å². The number of rotatable bonds is 5. The summed E-state index contributed by atoms with van der Waals surface area (Å²) in [5.74, 6) is 1.54. The van der Waals surface area contributed by atoms with Gasteiger partial charge in [0.05, 0.1) is 6.10 Å². The average Bonchev–Trinajstić information content (AvgIpc) is 2.19. The van der Waals surface area contributed by atoms with Crippen LogP contribution in [-0.2, 0) is 4.74 Å². The van der Waals surface area contributed by atoms with E-state index in [4.69, 9.17) is 4.74 Å². The fraction of sp³-hybridized carbons (Fsp3) is 1.00. The quantitative estimate of drug-likeness (QED) is 0.758. The first-order valence-electron chi connectivity index (χ1n) is 6.54. The Bertz CT molecular complexity index is 172. The molecule has 1 N–H and O–H groups in total. The van der Waals surface area contributed by atoms with Crippen LogP contribution >= 0.6 is 0 Å². The molecule has 4 atom stereocenters. The molecule has 0 bridgehead atoms. The standard InChI is InChI=1S/C13H27NO/c1-5-7-14-12-9-10(3)8-11(4)13(12)15-6-2/h10-14H,5-9H2,1-4H3. The Kier molecular flexibility index (Phi) is 5.62. The smallest absolute Gasteiger partial charge is 0.0753 e. The molecule has 1 fully saturated rings. The Morgan fingerprint density at radius 1 is 1.20 bits per heavy atom. The summed E-state index contributed by atoms with van der Waals surface area (Å²) in [6, 6.07) is 0.573. The van der Waals surface area contributed by atoms with E-state index in [0.29, 0.717) is 18.1 Å². The molecule has 0 heterocycles. The van der Waals surface area contributed by atoms with Gasteiger partial charge < -0.3 is 10.1 Å². The van der Waals surface area contributed by atoms with Gasteiger partial charge in [-0.25, -0.2) is 0 Å². The van der Waals surface area contributed by atoms with Crippen molar-refractivity contribution in [2.24, 2.45) is 11.8 Å². The van der Waals surface area contributed by atoms with Crippen molar-refractivity contribution in [2.75, 3.05) is 13.2 Å². The molecule has 0 aromatic carbocycles. The van der Waals surface area contributed by atoms with Crippen molar-refractivity contribution in [3.05, 3.63) is 0 Å². The summed E-state index contributed by atoms with van der Waals surface area (Å²) < 4.78 is 5.89. The first-order valence-corrected chi connectivity index (χ1v) is 6.54. The molecule has 0 aliphatic heterocycles. The molecule has 2 nitrogen and oxygen atoms in total. The van der Waals surface area contributed by atoms with E-state index in [2.05, 4.69) is 33.0 Å². The second-order valence-electron chi connectivity index (χ2n) is 5.03. The van der Waals surface area contributed by atoms with E-state index >= 15 is 0 Å². The van der Waals surface area contributed by atoms with Gasteiger partial charge in [0.15, 0.2) is 0 Å². The van der Waals surface area contributed by atoms with Crippen LogP contribution in [0.25, 0.3) is 0 Å². The van der Waals surface area contributed by atoms with Crippen molar-refractivity contribution in [1.82, 2.24) is 5.32 Å². The maximum Gasteiger partial charge on any atom is 0.0753 e. The zero-order valence-electron chi connectivity index (χ0n) is 10.8. The largest absolute Gasteiger partial charge is 0.377 e. The van der Waals surface area contributed by atoms with Crippen molar-refractivity contribution in [3.63, 3.8) is 0 Å². The summed E-state index contributed by atoms with van der Waals surface area (Å²) >= 11 is 0. The van der Waals surface area contributed by atoms with E-state index in [1.165, 1.54) is 19.3 Å². The summed E-state index contributed by atoms with van der Waals surface area (Å²) in [6.45, 7) is 11.0. The zero-order valence-corrected chi connectivity index (χ0v) is 10.8. The van der Waals surface area contributed by atoms with Gasteiger partial charge in [-0.2, -0.15) is 0 Å². The van der Waals surface area contributed by atoms with Gasteiger partial charge in [-0.1, -0.05) is 20.8 Å². The Morgan fingerprint density at radius 3 is 2.53 bits per heavy atom. The predicted molar refractivity (Wildman–Crippen MR) is 65.1 cm³/mol. The highest BCUT2D eigenvalue weighted by molar-refractivity contribution is 4.88. The summed E-state index contributed by atoms with van der Waals surface area (Å²) in [4.78, 5) is 0. The van der Waals surface area contributed by atoms with Crippen LogP contribution in [-0.4, -0.2) is 25.3 Å². The Balaban J connectivity index is 2.51. The van der Waals surface area contributed by atoms with E-state index in [9.17, 15) is 0 Å². The van der Waals surface area contributed by atoms with E-state index < -0.39 is 0 Å². The van der Waals surface area contributed by atoms with E-state index in [-0.39, 0.29) is 0 Å². The van der Waals surface area contributed by atoms with Crippen molar-refractivity contribution in [3.8, 4) is 0 Å². The molecule has 90 valence electrons. The molecule has 1 aliphatic carbocycles. The zero-order chi connectivity index (χ0) is 11.3. The van der Waals surface area contributed by atoms with Crippen LogP contribution in [0.4, 0.5) is 0 Å². The van der Waals surface area contributed by atoms with Gasteiger partial charge in [0.1, 0.15) is 0 Å². The first-order chi connectivity index (χ1) is 7.19. The van der Waals surface area contributed by atoms with Crippen molar-refractivity contribution in [1.29, 1.82) is 0 Å². The lowest BCUT2D eigenvalue weighted by Crippen LogP contribution is -2.49. The molecular weight excluding hydrogens is 186 g/mol. The van der Waals surface area contributed by atoms with Gasteiger partial charge in [0.25, 0.3) is 0 Å². The third-order valence-electron chi connectivity index (χ3n) is 3.40. The number of ether oxygens (including phenoxy) is 1. The van der Waals surface area contributed by atoms with Crippen LogP contribution in [0.3, 0.4) is 0 Å². The predicted octanol–water partition coefficient (Wildman–Crippen LogP) is 2.83. The Labute approximate surface area is 94.8 Å². The fourth-order valence-corrected chi connectivity index (χ4v) is 2.83. The summed E-state index contributed by atoms with van der Waals surface area (Å²) in [5, 5.41) is 3.64. The second kappa shape index (κ2) is 6.49. The molecule has 0 aromatic rings. The molecule has 1 saturated carbocycles. The molecule has 0 amide bonds. The first kappa shape index (κ1) is 13.0. The Hall–Kier alpha value is -0.0800. The number of hydrogen-bond acceptors (Lipinski definition) is 2. The summed E-state index contributed by atoms with van der Waals surface area (Å²) in [5.41, 5.74) is 0.